The summed E-state index contributed by atoms with van der Waals surface area (Å²) in [4.78, 5) is 20.8. The number of aromatic amines is 1. The molecule has 3 rings (SSSR count). The number of aryl methyl sites for hydroxylation is 1. The molecule has 0 spiro atoms. The Labute approximate surface area is 130 Å². The van der Waals surface area contributed by atoms with E-state index in [0.29, 0.717) is 30.9 Å². The Balaban J connectivity index is 1.88. The van der Waals surface area contributed by atoms with Gasteiger partial charge in [-0.2, -0.15) is 0 Å². The molecule has 0 bridgehead atoms. The van der Waals surface area contributed by atoms with Gasteiger partial charge >= 0.3 is 0 Å². The standard InChI is InChI=1S/C15H14ClF2N3O/c1-8-19-13-4-5-21(7-10(13)15(22)20-8)6-9-11(17)2-3-12(18)14(9)16/h2-3H,4-7H2,1H3,(H,19,20,22). The molecule has 116 valence electrons. The molecule has 0 amide bonds. The Bertz CT molecular complexity index is 791. The minimum atomic E-state index is -0.648. The molecule has 2 heterocycles. The van der Waals surface area contributed by atoms with Gasteiger partial charge in [-0.15, -0.1) is 0 Å². The van der Waals surface area contributed by atoms with Gasteiger partial charge in [0.15, 0.2) is 0 Å². The molecule has 0 radical (unpaired) electrons. The summed E-state index contributed by atoms with van der Waals surface area (Å²) in [6, 6.07) is 2.07. The minimum absolute atomic E-state index is 0.113. The van der Waals surface area contributed by atoms with Crippen LogP contribution in [0.3, 0.4) is 0 Å². The largest absolute Gasteiger partial charge is 0.310 e. The van der Waals surface area contributed by atoms with Crippen molar-refractivity contribution in [1.29, 1.82) is 0 Å². The second kappa shape index (κ2) is 5.78. The molecule has 1 aliphatic heterocycles. The second-order valence-corrected chi connectivity index (χ2v) is 5.74. The number of nitrogens with one attached hydrogen (secondary N) is 1. The van der Waals surface area contributed by atoms with Crippen molar-refractivity contribution in [3.63, 3.8) is 0 Å². The average Bonchev–Trinajstić information content (AvgIpc) is 2.48. The first-order valence-electron chi connectivity index (χ1n) is 6.89. The predicted molar refractivity (Wildman–Crippen MR) is 78.8 cm³/mol. The summed E-state index contributed by atoms with van der Waals surface area (Å²) in [7, 11) is 0. The molecule has 0 unspecified atom stereocenters. The fourth-order valence-electron chi connectivity index (χ4n) is 2.68. The highest BCUT2D eigenvalue weighted by Gasteiger charge is 2.23. The van der Waals surface area contributed by atoms with Crippen LogP contribution >= 0.6 is 11.6 Å². The van der Waals surface area contributed by atoms with Crippen LogP contribution in [0.25, 0.3) is 0 Å². The first-order chi connectivity index (χ1) is 10.5. The van der Waals surface area contributed by atoms with E-state index in [0.717, 1.165) is 17.8 Å². The van der Waals surface area contributed by atoms with E-state index in [4.69, 9.17) is 11.6 Å². The van der Waals surface area contributed by atoms with Crippen molar-refractivity contribution in [2.24, 2.45) is 0 Å². The van der Waals surface area contributed by atoms with E-state index in [9.17, 15) is 13.6 Å². The molecular formula is C15H14ClF2N3O. The monoisotopic (exact) mass is 325 g/mol. The van der Waals surface area contributed by atoms with E-state index >= 15 is 0 Å². The van der Waals surface area contributed by atoms with Gasteiger partial charge in [0.2, 0.25) is 0 Å². The predicted octanol–water partition coefficient (Wildman–Crippen LogP) is 2.57. The van der Waals surface area contributed by atoms with Crippen LogP contribution < -0.4 is 5.56 Å². The van der Waals surface area contributed by atoms with Crippen LogP contribution in [0.5, 0.6) is 0 Å². The van der Waals surface area contributed by atoms with Gasteiger partial charge in [0.1, 0.15) is 17.5 Å². The van der Waals surface area contributed by atoms with Gasteiger partial charge in [0.05, 0.1) is 16.3 Å². The van der Waals surface area contributed by atoms with Gasteiger partial charge in [0.25, 0.3) is 5.56 Å². The summed E-state index contributed by atoms with van der Waals surface area (Å²) >= 11 is 5.85. The van der Waals surface area contributed by atoms with Crippen LogP contribution in [-0.2, 0) is 19.5 Å². The number of fused-ring (bicyclic) bond motifs is 1. The van der Waals surface area contributed by atoms with E-state index in [1.54, 1.807) is 6.92 Å². The molecule has 0 saturated heterocycles. The number of hydrogen-bond donors (Lipinski definition) is 1. The zero-order valence-corrected chi connectivity index (χ0v) is 12.7. The maximum Gasteiger partial charge on any atom is 0.255 e. The topological polar surface area (TPSA) is 49.0 Å². The SMILES string of the molecule is Cc1nc2c(c(=O)[nH]1)CN(Cc1c(F)ccc(F)c1Cl)CC2. The first kappa shape index (κ1) is 15.1. The summed E-state index contributed by atoms with van der Waals surface area (Å²) in [6.07, 6.45) is 0.592. The summed E-state index contributed by atoms with van der Waals surface area (Å²) in [5.74, 6) is -0.616. The Morgan fingerprint density at radius 2 is 2.09 bits per heavy atom. The molecule has 1 N–H and O–H groups in total. The average molecular weight is 326 g/mol. The zero-order chi connectivity index (χ0) is 15.9. The fourth-order valence-corrected chi connectivity index (χ4v) is 2.89. The number of rotatable bonds is 2. The van der Waals surface area contributed by atoms with Crippen molar-refractivity contribution in [3.8, 4) is 0 Å². The minimum Gasteiger partial charge on any atom is -0.310 e. The Morgan fingerprint density at radius 3 is 2.86 bits per heavy atom. The van der Waals surface area contributed by atoms with Crippen molar-refractivity contribution in [1.82, 2.24) is 14.9 Å². The van der Waals surface area contributed by atoms with E-state index in [1.165, 1.54) is 0 Å². The molecule has 2 aromatic rings. The molecule has 1 aromatic carbocycles. The Kier molecular flexibility index (Phi) is 3.97. The highest BCUT2D eigenvalue weighted by Crippen LogP contribution is 2.26. The third-order valence-electron chi connectivity index (χ3n) is 3.79. The van der Waals surface area contributed by atoms with Crippen LogP contribution in [0, 0.1) is 18.6 Å². The lowest BCUT2D eigenvalue weighted by Gasteiger charge is -2.28. The van der Waals surface area contributed by atoms with Crippen LogP contribution in [0.1, 0.15) is 22.6 Å². The van der Waals surface area contributed by atoms with E-state index in [-0.39, 0.29) is 22.7 Å². The number of halogens is 3. The quantitative estimate of drug-likeness (QED) is 0.863. The summed E-state index contributed by atoms with van der Waals surface area (Å²) < 4.78 is 27.3. The molecule has 4 nitrogen and oxygen atoms in total. The molecule has 22 heavy (non-hydrogen) atoms. The fraction of sp³-hybridized carbons (Fsp3) is 0.333. The number of nitrogens with zero attached hydrogens (tertiary/aromatic N) is 2. The van der Waals surface area contributed by atoms with Crippen molar-refractivity contribution in [3.05, 3.63) is 61.8 Å². The number of aromatic nitrogens is 2. The number of hydrogen-bond acceptors (Lipinski definition) is 3. The van der Waals surface area contributed by atoms with Crippen molar-refractivity contribution < 1.29 is 8.78 Å². The molecule has 7 heteroatoms. The van der Waals surface area contributed by atoms with E-state index in [2.05, 4.69) is 9.97 Å². The Hall–Kier alpha value is -1.79. The number of H-pyrrole nitrogens is 1. The maximum absolute atomic E-state index is 13.9. The smallest absolute Gasteiger partial charge is 0.255 e. The molecule has 0 saturated carbocycles. The van der Waals surface area contributed by atoms with Crippen molar-refractivity contribution >= 4 is 11.6 Å². The molecule has 1 aliphatic rings. The Morgan fingerprint density at radius 1 is 1.36 bits per heavy atom. The lowest BCUT2D eigenvalue weighted by molar-refractivity contribution is 0.238. The van der Waals surface area contributed by atoms with Gasteiger partial charge in [0, 0.05) is 31.6 Å². The molecule has 0 fully saturated rings. The summed E-state index contributed by atoms with van der Waals surface area (Å²) in [5, 5.41) is -0.207. The first-order valence-corrected chi connectivity index (χ1v) is 7.27. The van der Waals surface area contributed by atoms with E-state index in [1.807, 2.05) is 4.90 Å². The van der Waals surface area contributed by atoms with Crippen LogP contribution in [0.15, 0.2) is 16.9 Å². The van der Waals surface area contributed by atoms with Crippen molar-refractivity contribution in [2.45, 2.75) is 26.4 Å². The second-order valence-electron chi connectivity index (χ2n) is 5.36. The highest BCUT2D eigenvalue weighted by molar-refractivity contribution is 6.31. The molecule has 1 aromatic heterocycles. The normalized spacial score (nSPS) is 14.9. The third kappa shape index (κ3) is 2.76. The van der Waals surface area contributed by atoms with Crippen LogP contribution in [-0.4, -0.2) is 21.4 Å². The molecule has 0 atom stereocenters. The lowest BCUT2D eigenvalue weighted by atomic mass is 10.1. The van der Waals surface area contributed by atoms with Gasteiger partial charge in [-0.1, -0.05) is 11.6 Å². The lowest BCUT2D eigenvalue weighted by Crippen LogP contribution is -2.35. The van der Waals surface area contributed by atoms with Gasteiger partial charge in [-0.3, -0.25) is 9.69 Å². The molecule has 0 aliphatic carbocycles. The number of benzene rings is 1. The van der Waals surface area contributed by atoms with Gasteiger partial charge in [-0.25, -0.2) is 13.8 Å². The highest BCUT2D eigenvalue weighted by atomic mass is 35.5. The maximum atomic E-state index is 13.9. The van der Waals surface area contributed by atoms with Crippen molar-refractivity contribution in [2.75, 3.05) is 6.54 Å². The van der Waals surface area contributed by atoms with Crippen LogP contribution in [0.2, 0.25) is 5.02 Å². The third-order valence-corrected chi connectivity index (χ3v) is 4.20. The summed E-state index contributed by atoms with van der Waals surface area (Å²) in [6.45, 7) is 2.82. The summed E-state index contributed by atoms with van der Waals surface area (Å²) in [5.41, 5.74) is 1.27. The zero-order valence-electron chi connectivity index (χ0n) is 11.9. The van der Waals surface area contributed by atoms with E-state index < -0.39 is 11.6 Å². The van der Waals surface area contributed by atoms with Gasteiger partial charge in [-0.05, 0) is 19.1 Å². The van der Waals surface area contributed by atoms with Crippen LogP contribution in [0.4, 0.5) is 8.78 Å². The van der Waals surface area contributed by atoms with Gasteiger partial charge < -0.3 is 4.98 Å². The molecular weight excluding hydrogens is 312 g/mol.